The van der Waals surface area contributed by atoms with E-state index in [0.29, 0.717) is 16.9 Å². The number of aryl methyl sites for hydroxylation is 2. The van der Waals surface area contributed by atoms with Gasteiger partial charge in [-0.1, -0.05) is 12.1 Å². The molecule has 0 saturated carbocycles. The minimum atomic E-state index is -0.659. The molecule has 3 aromatic rings. The van der Waals surface area contributed by atoms with Gasteiger partial charge in [0.25, 0.3) is 5.56 Å². The number of hydrogen-bond acceptors (Lipinski definition) is 5. The van der Waals surface area contributed by atoms with E-state index in [-0.39, 0.29) is 23.4 Å². The average molecular weight is 386 g/mol. The Morgan fingerprint density at radius 1 is 1.25 bits per heavy atom. The van der Waals surface area contributed by atoms with Crippen molar-refractivity contribution in [3.05, 3.63) is 68.2 Å². The van der Waals surface area contributed by atoms with Crippen molar-refractivity contribution in [3.8, 4) is 5.75 Å². The molecule has 2 aromatic heterocycles. The topological polar surface area (TPSA) is 95.2 Å². The van der Waals surface area contributed by atoms with Crippen LogP contribution in [0.2, 0.25) is 0 Å². The summed E-state index contributed by atoms with van der Waals surface area (Å²) in [6.45, 7) is 1.42. The first-order valence-corrected chi connectivity index (χ1v) is 8.47. The monoisotopic (exact) mass is 386 g/mol. The maximum atomic E-state index is 12.9. The molecule has 0 saturated heterocycles. The number of nitrogens with zero attached hydrogens (tertiary/aromatic N) is 3. The second-order valence-corrected chi connectivity index (χ2v) is 6.31. The van der Waals surface area contributed by atoms with Crippen LogP contribution in [0.1, 0.15) is 11.1 Å². The normalized spacial score (nSPS) is 10.9. The van der Waals surface area contributed by atoms with Gasteiger partial charge in [0.1, 0.15) is 23.5 Å². The minimum Gasteiger partial charge on any atom is -0.495 e. The summed E-state index contributed by atoms with van der Waals surface area (Å²) in [7, 11) is 2.89. The Morgan fingerprint density at radius 2 is 1.93 bits per heavy atom. The van der Waals surface area contributed by atoms with Crippen molar-refractivity contribution in [3.63, 3.8) is 0 Å². The summed E-state index contributed by atoms with van der Waals surface area (Å²) in [5, 5.41) is 2.75. The van der Waals surface area contributed by atoms with E-state index >= 15 is 0 Å². The van der Waals surface area contributed by atoms with Crippen LogP contribution in [0.5, 0.6) is 5.75 Å². The summed E-state index contributed by atoms with van der Waals surface area (Å²) in [6, 6.07) is 5.64. The highest BCUT2D eigenvalue weighted by Gasteiger charge is 2.19. The zero-order chi connectivity index (χ0) is 20.4. The molecule has 1 amide bonds. The van der Waals surface area contributed by atoms with Crippen LogP contribution in [0.3, 0.4) is 0 Å². The van der Waals surface area contributed by atoms with Crippen molar-refractivity contribution in [2.24, 2.45) is 7.05 Å². The Kier molecular flexibility index (Phi) is 5.25. The number of fused-ring (bicyclic) bond motifs is 1. The number of amides is 1. The van der Waals surface area contributed by atoms with Crippen molar-refractivity contribution < 1.29 is 13.9 Å². The van der Waals surface area contributed by atoms with Gasteiger partial charge in [-0.3, -0.25) is 14.2 Å². The molecule has 8 nitrogen and oxygen atoms in total. The number of methoxy groups -OCH3 is 1. The van der Waals surface area contributed by atoms with Crippen molar-refractivity contribution in [1.82, 2.24) is 19.4 Å². The van der Waals surface area contributed by atoms with Gasteiger partial charge in [0.15, 0.2) is 5.65 Å². The fourth-order valence-electron chi connectivity index (χ4n) is 2.93. The molecule has 0 radical (unpaired) electrons. The standard InChI is InChI=1S/C19H19FN4O4/c1-11-8-22-17-15(16(11)28-3)18(26)24(19(27)23(17)2)10-14(25)21-9-12-4-6-13(20)7-5-12/h4-8H,9-10H2,1-3H3,(H,21,25). The van der Waals surface area contributed by atoms with E-state index in [1.807, 2.05) is 0 Å². The number of carbonyl (C=O) groups excluding carboxylic acids is 1. The van der Waals surface area contributed by atoms with Gasteiger partial charge in [0, 0.05) is 25.4 Å². The Labute approximate surface area is 159 Å². The van der Waals surface area contributed by atoms with Crippen LogP contribution in [-0.2, 0) is 24.9 Å². The highest BCUT2D eigenvalue weighted by atomic mass is 19.1. The van der Waals surface area contributed by atoms with Gasteiger partial charge >= 0.3 is 5.69 Å². The lowest BCUT2D eigenvalue weighted by Crippen LogP contribution is -2.43. The molecule has 0 unspecified atom stereocenters. The van der Waals surface area contributed by atoms with Crippen LogP contribution in [-0.4, -0.2) is 27.1 Å². The fourth-order valence-corrected chi connectivity index (χ4v) is 2.93. The molecule has 0 spiro atoms. The van der Waals surface area contributed by atoms with Gasteiger partial charge in [-0.05, 0) is 24.6 Å². The largest absolute Gasteiger partial charge is 0.495 e. The zero-order valence-corrected chi connectivity index (χ0v) is 15.7. The second kappa shape index (κ2) is 7.63. The zero-order valence-electron chi connectivity index (χ0n) is 15.7. The molecule has 2 heterocycles. The fraction of sp³-hybridized carbons (Fsp3) is 0.263. The molecule has 0 fully saturated rings. The van der Waals surface area contributed by atoms with Crippen LogP contribution in [0.15, 0.2) is 40.1 Å². The number of pyridine rings is 1. The molecule has 28 heavy (non-hydrogen) atoms. The number of benzene rings is 1. The third-order valence-corrected chi connectivity index (χ3v) is 4.39. The first-order valence-electron chi connectivity index (χ1n) is 8.47. The Balaban J connectivity index is 1.94. The molecular formula is C19H19FN4O4. The van der Waals surface area contributed by atoms with Crippen LogP contribution in [0.4, 0.5) is 4.39 Å². The molecular weight excluding hydrogens is 367 g/mol. The smallest absolute Gasteiger partial charge is 0.332 e. The number of ether oxygens (including phenoxy) is 1. The van der Waals surface area contributed by atoms with Crippen LogP contribution in [0, 0.1) is 12.7 Å². The van der Waals surface area contributed by atoms with Crippen LogP contribution in [0.25, 0.3) is 11.0 Å². The SMILES string of the molecule is COc1c(C)cnc2c1c(=O)n(CC(=O)NCc1ccc(F)cc1)c(=O)n2C. The third kappa shape index (κ3) is 3.51. The van der Waals surface area contributed by atoms with Gasteiger partial charge in [0.05, 0.1) is 7.11 Å². The summed E-state index contributed by atoms with van der Waals surface area (Å²) in [6.07, 6.45) is 1.51. The first-order chi connectivity index (χ1) is 13.3. The number of carbonyl (C=O) groups is 1. The van der Waals surface area contributed by atoms with E-state index in [0.717, 1.165) is 4.57 Å². The van der Waals surface area contributed by atoms with Crippen molar-refractivity contribution in [1.29, 1.82) is 0 Å². The van der Waals surface area contributed by atoms with Crippen LogP contribution >= 0.6 is 0 Å². The first kappa shape index (κ1) is 19.3. The van der Waals surface area contributed by atoms with Crippen LogP contribution < -0.4 is 21.3 Å². The maximum Gasteiger partial charge on any atom is 0.332 e. The molecule has 0 aliphatic carbocycles. The molecule has 0 bridgehead atoms. The van der Waals surface area contributed by atoms with Gasteiger partial charge < -0.3 is 10.1 Å². The third-order valence-electron chi connectivity index (χ3n) is 4.39. The number of hydrogen-bond donors (Lipinski definition) is 1. The summed E-state index contributed by atoms with van der Waals surface area (Å²) in [4.78, 5) is 41.9. The maximum absolute atomic E-state index is 12.9. The Bertz CT molecular complexity index is 1170. The molecule has 1 aromatic carbocycles. The van der Waals surface area contributed by atoms with Gasteiger partial charge in [0.2, 0.25) is 5.91 Å². The number of aromatic nitrogens is 3. The van der Waals surface area contributed by atoms with Crippen molar-refractivity contribution in [2.45, 2.75) is 20.0 Å². The van der Waals surface area contributed by atoms with E-state index < -0.39 is 23.7 Å². The number of nitrogens with one attached hydrogen (secondary N) is 1. The van der Waals surface area contributed by atoms with E-state index in [1.165, 1.54) is 49.2 Å². The predicted octanol–water partition coefficient (Wildman–Crippen LogP) is 0.868. The van der Waals surface area contributed by atoms with E-state index in [4.69, 9.17) is 4.74 Å². The highest BCUT2D eigenvalue weighted by molar-refractivity contribution is 5.83. The molecule has 1 N–H and O–H groups in total. The molecule has 0 aliphatic rings. The highest BCUT2D eigenvalue weighted by Crippen LogP contribution is 2.23. The Hall–Kier alpha value is -3.49. The minimum absolute atomic E-state index is 0.135. The van der Waals surface area contributed by atoms with Crippen molar-refractivity contribution in [2.75, 3.05) is 7.11 Å². The average Bonchev–Trinajstić information content (AvgIpc) is 2.68. The lowest BCUT2D eigenvalue weighted by Gasteiger charge is -2.13. The molecule has 3 rings (SSSR count). The summed E-state index contributed by atoms with van der Waals surface area (Å²) < 4.78 is 20.3. The van der Waals surface area contributed by atoms with Gasteiger partial charge in [-0.2, -0.15) is 0 Å². The summed E-state index contributed by atoms with van der Waals surface area (Å²) >= 11 is 0. The van der Waals surface area contributed by atoms with E-state index in [2.05, 4.69) is 10.3 Å². The van der Waals surface area contributed by atoms with E-state index in [9.17, 15) is 18.8 Å². The van der Waals surface area contributed by atoms with Crippen molar-refractivity contribution >= 4 is 16.9 Å². The number of rotatable bonds is 5. The second-order valence-electron chi connectivity index (χ2n) is 6.31. The summed E-state index contributed by atoms with van der Waals surface area (Å²) in [5.41, 5.74) is 0.199. The molecule has 9 heteroatoms. The summed E-state index contributed by atoms with van der Waals surface area (Å²) in [5.74, 6) is -0.590. The number of halogens is 1. The predicted molar refractivity (Wildman–Crippen MR) is 101 cm³/mol. The lowest BCUT2D eigenvalue weighted by molar-refractivity contribution is -0.121. The molecule has 0 aliphatic heterocycles. The van der Waals surface area contributed by atoms with Gasteiger partial charge in [-0.15, -0.1) is 0 Å². The van der Waals surface area contributed by atoms with E-state index in [1.54, 1.807) is 6.92 Å². The van der Waals surface area contributed by atoms with Gasteiger partial charge in [-0.25, -0.2) is 18.7 Å². The Morgan fingerprint density at radius 3 is 2.57 bits per heavy atom. The molecule has 0 atom stereocenters. The molecule has 146 valence electrons. The quantitative estimate of drug-likeness (QED) is 0.702. The lowest BCUT2D eigenvalue weighted by atomic mass is 10.2.